The molecule has 0 bridgehead atoms. The zero-order valence-corrected chi connectivity index (χ0v) is 21.3. The Morgan fingerprint density at radius 3 is 2.29 bits per heavy atom. The van der Waals surface area contributed by atoms with E-state index in [1.165, 1.54) is 0 Å². The van der Waals surface area contributed by atoms with E-state index in [0.29, 0.717) is 23.7 Å². The Morgan fingerprint density at radius 1 is 1.16 bits per heavy atom. The standard InChI is InChI=1S/C26H34ClFO2Si/c1-7-20(18-12-13-18)21-14-15-22(27)23(24(21)28)25(29)19-10-8-17(9-11-19)16-30-31(5,6)26(2,3)4/h8-11,14-15,18,20H,7,12-13,16H2,1-6H3/t20-/m1/s1. The molecule has 2 aromatic carbocycles. The van der Waals surface area contributed by atoms with Crippen LogP contribution in [-0.4, -0.2) is 14.1 Å². The maximum absolute atomic E-state index is 15.4. The van der Waals surface area contributed by atoms with Crippen LogP contribution in [0.5, 0.6) is 0 Å². The van der Waals surface area contributed by atoms with Crippen molar-refractivity contribution in [1.29, 1.82) is 0 Å². The summed E-state index contributed by atoms with van der Waals surface area (Å²) in [7, 11) is -1.85. The van der Waals surface area contributed by atoms with Gasteiger partial charge < -0.3 is 4.43 Å². The molecule has 1 saturated carbocycles. The second-order valence-electron chi connectivity index (χ2n) is 10.3. The molecular formula is C26H34ClFO2Si. The molecule has 2 nitrogen and oxygen atoms in total. The summed E-state index contributed by atoms with van der Waals surface area (Å²) in [5.74, 6) is -0.157. The summed E-state index contributed by atoms with van der Waals surface area (Å²) in [4.78, 5) is 13.1. The molecule has 3 rings (SSSR count). The predicted molar refractivity (Wildman–Crippen MR) is 129 cm³/mol. The smallest absolute Gasteiger partial charge is 0.197 e. The van der Waals surface area contributed by atoms with Crippen LogP contribution in [0.3, 0.4) is 0 Å². The number of carbonyl (C=O) groups excluding carboxylic acids is 1. The number of rotatable bonds is 8. The lowest BCUT2D eigenvalue weighted by Gasteiger charge is -2.36. The molecule has 168 valence electrons. The third-order valence-corrected chi connectivity index (χ3v) is 11.8. The van der Waals surface area contributed by atoms with Crippen LogP contribution in [-0.2, 0) is 11.0 Å². The summed E-state index contributed by atoms with van der Waals surface area (Å²) in [6.07, 6.45) is 3.12. The van der Waals surface area contributed by atoms with Gasteiger partial charge in [0, 0.05) is 5.56 Å². The third kappa shape index (κ3) is 5.29. The second kappa shape index (κ2) is 9.17. The molecule has 0 heterocycles. The van der Waals surface area contributed by atoms with Gasteiger partial charge in [0.25, 0.3) is 0 Å². The minimum Gasteiger partial charge on any atom is -0.413 e. The molecule has 0 radical (unpaired) electrons. The van der Waals surface area contributed by atoms with E-state index in [-0.39, 0.29) is 27.3 Å². The zero-order chi connectivity index (χ0) is 23.0. The Kier molecular flexibility index (Phi) is 7.14. The van der Waals surface area contributed by atoms with E-state index in [1.807, 2.05) is 12.1 Å². The molecule has 1 fully saturated rings. The molecule has 5 heteroatoms. The van der Waals surface area contributed by atoms with Crippen molar-refractivity contribution in [1.82, 2.24) is 0 Å². The quantitative estimate of drug-likeness (QED) is 0.293. The van der Waals surface area contributed by atoms with Crippen molar-refractivity contribution in [3.8, 4) is 0 Å². The monoisotopic (exact) mass is 460 g/mol. The fourth-order valence-corrected chi connectivity index (χ4v) is 4.94. The predicted octanol–water partition coefficient (Wildman–Crippen LogP) is 8.14. The first-order valence-electron chi connectivity index (χ1n) is 11.2. The van der Waals surface area contributed by atoms with Gasteiger partial charge in [-0.1, -0.05) is 69.6 Å². The number of hydrogen-bond acceptors (Lipinski definition) is 2. The van der Waals surface area contributed by atoms with E-state index in [4.69, 9.17) is 16.0 Å². The summed E-state index contributed by atoms with van der Waals surface area (Å²) in [5.41, 5.74) is 2.05. The number of ketones is 1. The van der Waals surface area contributed by atoms with Gasteiger partial charge in [-0.05, 0) is 66.4 Å². The molecule has 1 aliphatic carbocycles. The number of halogens is 2. The van der Waals surface area contributed by atoms with Crippen LogP contribution >= 0.6 is 11.6 Å². The first-order valence-corrected chi connectivity index (χ1v) is 14.5. The van der Waals surface area contributed by atoms with Crippen molar-refractivity contribution in [2.45, 2.75) is 77.6 Å². The minimum absolute atomic E-state index is 0.0106. The third-order valence-electron chi connectivity index (χ3n) is 7.00. The normalized spacial score (nSPS) is 15.7. The highest BCUT2D eigenvalue weighted by molar-refractivity contribution is 6.74. The average Bonchev–Trinajstić information content (AvgIpc) is 3.53. The van der Waals surface area contributed by atoms with Gasteiger partial charge in [-0.25, -0.2) is 4.39 Å². The molecule has 0 saturated heterocycles. The molecule has 1 aliphatic rings. The first-order chi connectivity index (χ1) is 14.5. The van der Waals surface area contributed by atoms with Crippen molar-refractivity contribution in [3.05, 3.63) is 69.5 Å². The summed E-state index contributed by atoms with van der Waals surface area (Å²) in [6, 6.07) is 10.7. The number of carbonyl (C=O) groups is 1. The van der Waals surface area contributed by atoms with E-state index in [1.54, 1.807) is 24.3 Å². The van der Waals surface area contributed by atoms with Crippen LogP contribution in [0.15, 0.2) is 36.4 Å². The van der Waals surface area contributed by atoms with Gasteiger partial charge in [0.2, 0.25) is 0 Å². The fourth-order valence-electron chi connectivity index (χ4n) is 3.75. The number of benzene rings is 2. The van der Waals surface area contributed by atoms with E-state index in [2.05, 4.69) is 40.8 Å². The molecule has 0 N–H and O–H groups in total. The SMILES string of the molecule is CC[C@@H](c1ccc(Cl)c(C(=O)c2ccc(CO[Si](C)(C)C(C)(C)C)cc2)c1F)C1CC1. The molecule has 0 spiro atoms. The Balaban J connectivity index is 1.80. The van der Waals surface area contributed by atoms with Crippen LogP contribution < -0.4 is 0 Å². The molecular weight excluding hydrogens is 427 g/mol. The van der Waals surface area contributed by atoms with Gasteiger partial charge in [0.05, 0.1) is 17.2 Å². The van der Waals surface area contributed by atoms with Crippen LogP contribution in [0.2, 0.25) is 23.2 Å². The molecule has 31 heavy (non-hydrogen) atoms. The molecule has 1 atom stereocenters. The number of hydrogen-bond donors (Lipinski definition) is 0. The Morgan fingerprint density at radius 2 is 1.77 bits per heavy atom. The fraction of sp³-hybridized carbons (Fsp3) is 0.500. The van der Waals surface area contributed by atoms with Gasteiger partial charge in [0.1, 0.15) is 5.82 Å². The lowest BCUT2D eigenvalue weighted by Crippen LogP contribution is -2.40. The van der Waals surface area contributed by atoms with E-state index >= 15 is 4.39 Å². The molecule has 2 aromatic rings. The van der Waals surface area contributed by atoms with Crippen molar-refractivity contribution in [2.24, 2.45) is 5.92 Å². The van der Waals surface area contributed by atoms with Crippen molar-refractivity contribution >= 4 is 25.7 Å². The Bertz CT molecular complexity index is 943. The second-order valence-corrected chi connectivity index (χ2v) is 15.5. The lowest BCUT2D eigenvalue weighted by molar-refractivity contribution is 0.103. The highest BCUT2D eigenvalue weighted by Gasteiger charge is 2.37. The maximum atomic E-state index is 15.4. The van der Waals surface area contributed by atoms with E-state index in [9.17, 15) is 4.79 Å². The Hall–Kier alpha value is -1.49. The van der Waals surface area contributed by atoms with E-state index < -0.39 is 14.1 Å². The van der Waals surface area contributed by atoms with Gasteiger partial charge >= 0.3 is 0 Å². The highest BCUT2D eigenvalue weighted by Crippen LogP contribution is 2.46. The molecule has 0 amide bonds. The highest BCUT2D eigenvalue weighted by atomic mass is 35.5. The molecule has 0 unspecified atom stereocenters. The topological polar surface area (TPSA) is 26.3 Å². The summed E-state index contributed by atoms with van der Waals surface area (Å²) in [6.45, 7) is 13.6. The van der Waals surface area contributed by atoms with Crippen LogP contribution in [0.4, 0.5) is 4.39 Å². The molecule has 0 aliphatic heterocycles. The van der Waals surface area contributed by atoms with Crippen LogP contribution in [0.25, 0.3) is 0 Å². The van der Waals surface area contributed by atoms with Gasteiger partial charge in [-0.3, -0.25) is 4.79 Å². The maximum Gasteiger partial charge on any atom is 0.197 e. The van der Waals surface area contributed by atoms with Crippen LogP contribution in [0, 0.1) is 11.7 Å². The van der Waals surface area contributed by atoms with Gasteiger partial charge in [0.15, 0.2) is 14.1 Å². The van der Waals surface area contributed by atoms with Gasteiger partial charge in [-0.15, -0.1) is 0 Å². The summed E-state index contributed by atoms with van der Waals surface area (Å²) in [5, 5.41) is 0.307. The van der Waals surface area contributed by atoms with Crippen molar-refractivity contribution < 1.29 is 13.6 Å². The molecule has 0 aromatic heterocycles. The Labute approximate surface area is 192 Å². The van der Waals surface area contributed by atoms with E-state index in [0.717, 1.165) is 24.8 Å². The van der Waals surface area contributed by atoms with Crippen molar-refractivity contribution in [3.63, 3.8) is 0 Å². The summed E-state index contributed by atoms with van der Waals surface area (Å²) < 4.78 is 21.7. The zero-order valence-electron chi connectivity index (χ0n) is 19.5. The largest absolute Gasteiger partial charge is 0.413 e. The first kappa shape index (κ1) is 24.2. The van der Waals surface area contributed by atoms with Crippen molar-refractivity contribution in [2.75, 3.05) is 0 Å². The minimum atomic E-state index is -1.85. The van der Waals surface area contributed by atoms with Gasteiger partial charge in [-0.2, -0.15) is 0 Å². The lowest BCUT2D eigenvalue weighted by atomic mass is 9.88. The van der Waals surface area contributed by atoms with Crippen LogP contribution in [0.1, 0.15) is 79.9 Å². The average molecular weight is 461 g/mol. The summed E-state index contributed by atoms with van der Waals surface area (Å²) >= 11 is 6.29.